The molecule has 2 aromatic rings. The molecular weight excluding hydrogens is 440 g/mol. The van der Waals surface area contributed by atoms with Gasteiger partial charge in [-0.2, -0.15) is 5.10 Å². The summed E-state index contributed by atoms with van der Waals surface area (Å²) in [5.74, 6) is -0.00136. The summed E-state index contributed by atoms with van der Waals surface area (Å²) in [7, 11) is 0. The van der Waals surface area contributed by atoms with Crippen molar-refractivity contribution in [3.05, 3.63) is 68.3 Å². The molecule has 1 fully saturated rings. The van der Waals surface area contributed by atoms with Crippen LogP contribution in [0.5, 0.6) is 0 Å². The molecule has 180 valence electrons. The molecule has 34 heavy (non-hydrogen) atoms. The van der Waals surface area contributed by atoms with Gasteiger partial charge in [0.15, 0.2) is 0 Å². The molecule has 1 amide bonds. The Labute approximate surface area is 197 Å². The van der Waals surface area contributed by atoms with Crippen LogP contribution in [-0.4, -0.2) is 53.0 Å². The Hall–Kier alpha value is -4.02. The van der Waals surface area contributed by atoms with Gasteiger partial charge >= 0.3 is 0 Å². The number of carbonyl (C=O) groups is 1. The Morgan fingerprint density at radius 1 is 1.12 bits per heavy atom. The van der Waals surface area contributed by atoms with Gasteiger partial charge in [0, 0.05) is 61.7 Å². The fraction of sp³-hybridized carbons (Fsp3) is 0.391. The summed E-state index contributed by atoms with van der Waals surface area (Å²) in [6.45, 7) is 6.51. The van der Waals surface area contributed by atoms with Crippen molar-refractivity contribution in [2.75, 3.05) is 36.5 Å². The third kappa shape index (κ3) is 5.85. The van der Waals surface area contributed by atoms with Gasteiger partial charge in [-0.3, -0.25) is 30.4 Å². The molecule has 1 heterocycles. The van der Waals surface area contributed by atoms with Crippen molar-refractivity contribution in [1.29, 1.82) is 0 Å². The molecule has 11 nitrogen and oxygen atoms in total. The molecule has 0 unspecified atom stereocenters. The molecule has 0 spiro atoms. The van der Waals surface area contributed by atoms with Gasteiger partial charge < -0.3 is 9.80 Å². The molecule has 1 N–H and O–H groups in total. The SMILES string of the molecule is CCN(CC)C(=O)[C@H]1CCCN(c2ccc([N+](=O)[O-])cc2C=NNc2ccc([N+](=O)[O-])cc2)C1. The Morgan fingerprint density at radius 2 is 1.76 bits per heavy atom. The summed E-state index contributed by atoms with van der Waals surface area (Å²) in [6.07, 6.45) is 3.13. The Kier molecular flexibility index (Phi) is 8.12. The van der Waals surface area contributed by atoms with E-state index in [4.69, 9.17) is 0 Å². The van der Waals surface area contributed by atoms with E-state index >= 15 is 0 Å². The van der Waals surface area contributed by atoms with Crippen molar-refractivity contribution in [3.63, 3.8) is 0 Å². The number of rotatable bonds is 9. The average Bonchev–Trinajstić information content (AvgIpc) is 2.85. The van der Waals surface area contributed by atoms with E-state index in [9.17, 15) is 25.0 Å². The van der Waals surface area contributed by atoms with E-state index in [1.54, 1.807) is 6.07 Å². The number of nitro benzene ring substituents is 2. The summed E-state index contributed by atoms with van der Waals surface area (Å²) in [6, 6.07) is 10.4. The third-order valence-electron chi connectivity index (χ3n) is 5.88. The number of carbonyl (C=O) groups excluding carboxylic acids is 1. The minimum Gasteiger partial charge on any atom is -0.370 e. The first-order chi connectivity index (χ1) is 16.3. The van der Waals surface area contributed by atoms with Crippen LogP contribution in [0, 0.1) is 26.1 Å². The molecule has 3 rings (SSSR count). The molecule has 0 radical (unpaired) electrons. The molecule has 0 aliphatic carbocycles. The third-order valence-corrected chi connectivity index (χ3v) is 5.88. The summed E-state index contributed by atoms with van der Waals surface area (Å²) in [5.41, 5.74) is 4.54. The maximum Gasteiger partial charge on any atom is 0.270 e. The van der Waals surface area contributed by atoms with E-state index in [1.807, 2.05) is 18.7 Å². The highest BCUT2D eigenvalue weighted by atomic mass is 16.6. The van der Waals surface area contributed by atoms with Gasteiger partial charge in [-0.05, 0) is 44.9 Å². The zero-order chi connectivity index (χ0) is 24.7. The van der Waals surface area contributed by atoms with Crippen LogP contribution in [0.15, 0.2) is 47.6 Å². The second-order valence-corrected chi connectivity index (χ2v) is 7.97. The van der Waals surface area contributed by atoms with E-state index in [2.05, 4.69) is 15.4 Å². The van der Waals surface area contributed by atoms with E-state index in [-0.39, 0.29) is 23.2 Å². The van der Waals surface area contributed by atoms with Gasteiger partial charge in [-0.15, -0.1) is 0 Å². The number of nitro groups is 2. The number of piperidine rings is 1. The van der Waals surface area contributed by atoms with E-state index in [1.165, 1.54) is 42.6 Å². The van der Waals surface area contributed by atoms with Crippen molar-refractivity contribution >= 4 is 34.9 Å². The summed E-state index contributed by atoms with van der Waals surface area (Å²) in [5, 5.41) is 26.3. The summed E-state index contributed by atoms with van der Waals surface area (Å²) >= 11 is 0. The van der Waals surface area contributed by atoms with Crippen LogP contribution in [0.25, 0.3) is 0 Å². The number of hydrogen-bond acceptors (Lipinski definition) is 8. The van der Waals surface area contributed by atoms with Crippen LogP contribution in [0.1, 0.15) is 32.3 Å². The lowest BCUT2D eigenvalue weighted by Gasteiger charge is -2.36. The highest BCUT2D eigenvalue weighted by molar-refractivity contribution is 5.90. The van der Waals surface area contributed by atoms with Crippen LogP contribution in [0.3, 0.4) is 0 Å². The highest BCUT2D eigenvalue weighted by Gasteiger charge is 2.29. The number of nitrogens with zero attached hydrogens (tertiary/aromatic N) is 5. The molecule has 1 atom stereocenters. The number of non-ortho nitro benzene ring substituents is 2. The topological polar surface area (TPSA) is 134 Å². The van der Waals surface area contributed by atoms with Gasteiger partial charge in [0.2, 0.25) is 5.91 Å². The van der Waals surface area contributed by atoms with Gasteiger partial charge in [-0.25, -0.2) is 0 Å². The standard InChI is InChI=1S/C23H28N6O5/c1-3-26(4-2)23(30)17-6-5-13-27(16-17)22-12-11-21(29(33)34)14-18(22)15-24-25-19-7-9-20(10-8-19)28(31)32/h7-12,14-15,17,25H,3-6,13,16H2,1-2H3/t17-/m0/s1. The zero-order valence-corrected chi connectivity index (χ0v) is 19.2. The number of hydrogen-bond donors (Lipinski definition) is 1. The molecule has 0 bridgehead atoms. The Balaban J connectivity index is 1.82. The molecule has 2 aromatic carbocycles. The maximum absolute atomic E-state index is 12.9. The minimum absolute atomic E-state index is 0.0330. The van der Waals surface area contributed by atoms with Crippen molar-refractivity contribution in [3.8, 4) is 0 Å². The minimum atomic E-state index is -0.487. The van der Waals surface area contributed by atoms with Crippen molar-refractivity contribution in [2.45, 2.75) is 26.7 Å². The predicted octanol–water partition coefficient (Wildman–Crippen LogP) is 4.03. The fourth-order valence-electron chi connectivity index (χ4n) is 4.07. The first-order valence-corrected chi connectivity index (χ1v) is 11.2. The molecule has 0 saturated carbocycles. The van der Waals surface area contributed by atoms with E-state index in [0.717, 1.165) is 25.1 Å². The Bertz CT molecular complexity index is 1070. The molecule has 1 aliphatic heterocycles. The van der Waals surface area contributed by atoms with Crippen molar-refractivity contribution < 1.29 is 14.6 Å². The van der Waals surface area contributed by atoms with Crippen molar-refractivity contribution in [1.82, 2.24) is 4.90 Å². The number of anilines is 2. The van der Waals surface area contributed by atoms with Gasteiger partial charge in [0.25, 0.3) is 11.4 Å². The van der Waals surface area contributed by atoms with Gasteiger partial charge in [-0.1, -0.05) is 0 Å². The van der Waals surface area contributed by atoms with Crippen LogP contribution >= 0.6 is 0 Å². The highest BCUT2D eigenvalue weighted by Crippen LogP contribution is 2.29. The van der Waals surface area contributed by atoms with Crippen LogP contribution < -0.4 is 10.3 Å². The lowest BCUT2D eigenvalue weighted by atomic mass is 9.95. The molecule has 0 aromatic heterocycles. The predicted molar refractivity (Wildman–Crippen MR) is 130 cm³/mol. The smallest absolute Gasteiger partial charge is 0.270 e. The maximum atomic E-state index is 12.9. The normalized spacial score (nSPS) is 15.8. The number of hydrazone groups is 1. The van der Waals surface area contributed by atoms with Gasteiger partial charge in [0.1, 0.15) is 0 Å². The number of nitrogens with one attached hydrogen (secondary N) is 1. The average molecular weight is 469 g/mol. The lowest BCUT2D eigenvalue weighted by molar-refractivity contribution is -0.385. The lowest BCUT2D eigenvalue weighted by Crippen LogP contribution is -2.45. The summed E-state index contributed by atoms with van der Waals surface area (Å²) < 4.78 is 0. The second-order valence-electron chi connectivity index (χ2n) is 7.97. The van der Waals surface area contributed by atoms with Crippen molar-refractivity contribution in [2.24, 2.45) is 11.0 Å². The van der Waals surface area contributed by atoms with Crippen LogP contribution in [0.4, 0.5) is 22.7 Å². The van der Waals surface area contributed by atoms with E-state index < -0.39 is 9.85 Å². The molecule has 1 saturated heterocycles. The van der Waals surface area contributed by atoms with E-state index in [0.29, 0.717) is 30.9 Å². The monoisotopic (exact) mass is 468 g/mol. The molecule has 1 aliphatic rings. The first kappa shape index (κ1) is 24.6. The number of amides is 1. The quantitative estimate of drug-likeness (QED) is 0.333. The summed E-state index contributed by atoms with van der Waals surface area (Å²) in [4.78, 5) is 38.0. The fourth-order valence-corrected chi connectivity index (χ4v) is 4.07. The Morgan fingerprint density at radius 3 is 2.38 bits per heavy atom. The number of benzene rings is 2. The molecular formula is C23H28N6O5. The van der Waals surface area contributed by atoms with Crippen LogP contribution in [0.2, 0.25) is 0 Å². The molecule has 11 heteroatoms. The van der Waals surface area contributed by atoms with Gasteiger partial charge in [0.05, 0.1) is 27.7 Å². The first-order valence-electron chi connectivity index (χ1n) is 11.2. The van der Waals surface area contributed by atoms with Crippen LogP contribution in [-0.2, 0) is 4.79 Å². The largest absolute Gasteiger partial charge is 0.370 e. The zero-order valence-electron chi connectivity index (χ0n) is 19.2. The second kappa shape index (κ2) is 11.2.